The molecule has 12 nitrogen and oxygen atoms in total. The average molecular weight is 398 g/mol. The largest absolute Gasteiger partial charge is 0.481 e. The molecule has 0 bridgehead atoms. The molecule has 0 aliphatic carbocycles. The van der Waals surface area contributed by atoms with Crippen molar-refractivity contribution in [1.82, 2.24) is 20.6 Å². The normalized spacial score (nSPS) is 13.9. The first-order valence-electron chi connectivity index (χ1n) is 8.72. The van der Waals surface area contributed by atoms with Gasteiger partial charge in [0.25, 0.3) is 0 Å². The number of aromatic nitrogens is 2. The molecule has 0 spiro atoms. The Labute approximate surface area is 161 Å². The number of carboxylic acids is 2. The molecule has 9 N–H and O–H groups in total. The van der Waals surface area contributed by atoms with E-state index in [1.807, 2.05) is 0 Å². The molecule has 12 heteroatoms. The summed E-state index contributed by atoms with van der Waals surface area (Å²) >= 11 is 0. The molecule has 0 aliphatic rings. The van der Waals surface area contributed by atoms with Crippen molar-refractivity contribution in [3.05, 3.63) is 18.2 Å². The summed E-state index contributed by atoms with van der Waals surface area (Å²) in [5.74, 6) is -4.25. The lowest BCUT2D eigenvalue weighted by atomic mass is 10.1. The van der Waals surface area contributed by atoms with E-state index in [0.29, 0.717) is 25.1 Å². The fraction of sp³-hybridized carbons (Fsp3) is 0.562. The lowest BCUT2D eigenvalue weighted by molar-refractivity contribution is -0.143. The third-order valence-electron chi connectivity index (χ3n) is 3.90. The minimum Gasteiger partial charge on any atom is -0.481 e. The van der Waals surface area contributed by atoms with Crippen LogP contribution in [-0.4, -0.2) is 68.6 Å². The number of aromatic amines is 1. The van der Waals surface area contributed by atoms with Gasteiger partial charge in [0.15, 0.2) is 0 Å². The minimum absolute atomic E-state index is 0.101. The zero-order valence-corrected chi connectivity index (χ0v) is 15.3. The SMILES string of the molecule is NCCCC[C@H](NC(=O)[C@H](CC(=O)O)NC(=O)[C@@H](N)Cc1cnc[nH]1)C(=O)O. The smallest absolute Gasteiger partial charge is 0.326 e. The third kappa shape index (κ3) is 8.14. The van der Waals surface area contributed by atoms with Crippen LogP contribution in [0.4, 0.5) is 0 Å². The molecule has 0 fully saturated rings. The summed E-state index contributed by atoms with van der Waals surface area (Å²) in [6.45, 7) is 0.381. The minimum atomic E-state index is -1.46. The average Bonchev–Trinajstić information content (AvgIpc) is 3.12. The van der Waals surface area contributed by atoms with E-state index < -0.39 is 48.3 Å². The van der Waals surface area contributed by atoms with Gasteiger partial charge in [-0.2, -0.15) is 0 Å². The second-order valence-corrected chi connectivity index (χ2v) is 6.23. The van der Waals surface area contributed by atoms with Crippen LogP contribution in [0.3, 0.4) is 0 Å². The first-order chi connectivity index (χ1) is 13.2. The predicted molar refractivity (Wildman–Crippen MR) is 96.9 cm³/mol. The van der Waals surface area contributed by atoms with E-state index >= 15 is 0 Å². The summed E-state index contributed by atoms with van der Waals surface area (Å²) in [5.41, 5.74) is 11.7. The predicted octanol–water partition coefficient (Wildman–Crippen LogP) is -2.06. The maximum Gasteiger partial charge on any atom is 0.326 e. The Morgan fingerprint density at radius 3 is 2.32 bits per heavy atom. The van der Waals surface area contributed by atoms with Crippen LogP contribution in [0, 0.1) is 0 Å². The second-order valence-electron chi connectivity index (χ2n) is 6.23. The molecular formula is C16H26N6O6. The molecule has 0 unspecified atom stereocenters. The highest BCUT2D eigenvalue weighted by atomic mass is 16.4. The lowest BCUT2D eigenvalue weighted by Crippen LogP contribution is -2.55. The number of nitrogens with zero attached hydrogens (tertiary/aromatic N) is 1. The first kappa shape index (κ1) is 23.0. The molecule has 0 aromatic carbocycles. The fourth-order valence-electron chi connectivity index (χ4n) is 2.41. The molecule has 1 heterocycles. The van der Waals surface area contributed by atoms with E-state index in [1.165, 1.54) is 12.5 Å². The van der Waals surface area contributed by atoms with Gasteiger partial charge in [-0.1, -0.05) is 0 Å². The highest BCUT2D eigenvalue weighted by Crippen LogP contribution is 2.04. The van der Waals surface area contributed by atoms with Crippen LogP contribution in [0.5, 0.6) is 0 Å². The van der Waals surface area contributed by atoms with Crippen molar-refractivity contribution in [3.63, 3.8) is 0 Å². The van der Waals surface area contributed by atoms with E-state index in [0.717, 1.165) is 0 Å². The van der Waals surface area contributed by atoms with Crippen LogP contribution in [0.25, 0.3) is 0 Å². The third-order valence-corrected chi connectivity index (χ3v) is 3.90. The molecule has 1 rings (SSSR count). The maximum absolute atomic E-state index is 12.4. The quantitative estimate of drug-likeness (QED) is 0.182. The number of imidazole rings is 1. The van der Waals surface area contributed by atoms with Crippen molar-refractivity contribution in [2.45, 2.75) is 50.2 Å². The molecule has 0 radical (unpaired) electrons. The van der Waals surface area contributed by atoms with Gasteiger partial charge in [-0.05, 0) is 25.8 Å². The second kappa shape index (κ2) is 11.7. The van der Waals surface area contributed by atoms with Crippen LogP contribution >= 0.6 is 0 Å². The summed E-state index contributed by atoms with van der Waals surface area (Å²) in [4.78, 5) is 53.5. The van der Waals surface area contributed by atoms with E-state index in [9.17, 15) is 24.3 Å². The number of unbranched alkanes of at least 4 members (excludes halogenated alkanes) is 1. The van der Waals surface area contributed by atoms with Crippen LogP contribution < -0.4 is 22.1 Å². The van der Waals surface area contributed by atoms with Crippen LogP contribution in [0.15, 0.2) is 12.5 Å². The summed E-state index contributed by atoms with van der Waals surface area (Å²) in [5, 5.41) is 22.7. The molecular weight excluding hydrogens is 372 g/mol. The number of amides is 2. The van der Waals surface area contributed by atoms with Crippen LogP contribution in [0.2, 0.25) is 0 Å². The van der Waals surface area contributed by atoms with Gasteiger partial charge in [-0.15, -0.1) is 0 Å². The molecule has 28 heavy (non-hydrogen) atoms. The van der Waals surface area contributed by atoms with Crippen molar-refractivity contribution >= 4 is 23.8 Å². The Balaban J connectivity index is 2.73. The summed E-state index contributed by atoms with van der Waals surface area (Å²) in [6, 6.07) is -3.73. The highest BCUT2D eigenvalue weighted by Gasteiger charge is 2.29. The monoisotopic (exact) mass is 398 g/mol. The van der Waals surface area contributed by atoms with E-state index in [4.69, 9.17) is 16.6 Å². The standard InChI is InChI=1S/C16H26N6O6/c17-4-2-1-3-11(16(27)28)21-15(26)12(6-13(23)24)22-14(25)10(18)5-9-7-19-8-20-9/h7-8,10-12H,1-6,17-18H2,(H,19,20)(H,21,26)(H,22,25)(H,23,24)(H,27,28)/t10-,11-,12-/m0/s1. The summed E-state index contributed by atoms with van der Waals surface area (Å²) < 4.78 is 0. The van der Waals surface area contributed by atoms with Crippen molar-refractivity contribution in [2.24, 2.45) is 11.5 Å². The number of carbonyl (C=O) groups excluding carboxylic acids is 2. The number of carbonyl (C=O) groups is 4. The topological polar surface area (TPSA) is 214 Å². The Hall–Kier alpha value is -2.99. The van der Waals surface area contributed by atoms with E-state index in [1.54, 1.807) is 0 Å². The number of hydrogen-bond donors (Lipinski definition) is 7. The van der Waals surface area contributed by atoms with Gasteiger partial charge >= 0.3 is 11.9 Å². The van der Waals surface area contributed by atoms with Crippen molar-refractivity contribution in [2.75, 3.05) is 6.54 Å². The molecule has 1 aromatic heterocycles. The first-order valence-corrected chi connectivity index (χ1v) is 8.72. The Bertz CT molecular complexity index is 665. The van der Waals surface area contributed by atoms with Crippen molar-refractivity contribution < 1.29 is 29.4 Å². The van der Waals surface area contributed by atoms with Crippen molar-refractivity contribution in [3.8, 4) is 0 Å². The Morgan fingerprint density at radius 1 is 1.11 bits per heavy atom. The van der Waals surface area contributed by atoms with Crippen LogP contribution in [0.1, 0.15) is 31.4 Å². The number of carboxylic acid groups (broad SMARTS) is 2. The zero-order chi connectivity index (χ0) is 21.1. The lowest BCUT2D eigenvalue weighted by Gasteiger charge is -2.21. The van der Waals surface area contributed by atoms with E-state index in [-0.39, 0.29) is 12.8 Å². The molecule has 0 saturated heterocycles. The number of H-pyrrole nitrogens is 1. The van der Waals surface area contributed by atoms with Gasteiger partial charge in [0, 0.05) is 18.3 Å². The van der Waals surface area contributed by atoms with Gasteiger partial charge in [-0.25, -0.2) is 9.78 Å². The molecule has 156 valence electrons. The number of aliphatic carboxylic acids is 2. The van der Waals surface area contributed by atoms with Gasteiger partial charge in [0.1, 0.15) is 12.1 Å². The van der Waals surface area contributed by atoms with Gasteiger partial charge < -0.3 is 37.3 Å². The van der Waals surface area contributed by atoms with Crippen molar-refractivity contribution in [1.29, 1.82) is 0 Å². The maximum atomic E-state index is 12.4. The number of nitrogens with one attached hydrogen (secondary N) is 3. The Morgan fingerprint density at radius 2 is 1.79 bits per heavy atom. The summed E-state index contributed by atoms with van der Waals surface area (Å²) in [6.07, 6.45) is 3.46. The number of rotatable bonds is 13. The fourth-order valence-corrected chi connectivity index (χ4v) is 2.41. The molecule has 2 amide bonds. The number of nitrogens with two attached hydrogens (primary N) is 2. The molecule has 0 saturated carbocycles. The highest BCUT2D eigenvalue weighted by molar-refractivity contribution is 5.93. The molecule has 3 atom stereocenters. The van der Waals surface area contributed by atoms with Gasteiger partial charge in [0.2, 0.25) is 11.8 Å². The van der Waals surface area contributed by atoms with Gasteiger partial charge in [-0.3, -0.25) is 14.4 Å². The number of hydrogen-bond acceptors (Lipinski definition) is 7. The zero-order valence-electron chi connectivity index (χ0n) is 15.3. The molecule has 1 aromatic rings. The van der Waals surface area contributed by atoms with Gasteiger partial charge in [0.05, 0.1) is 18.8 Å². The Kier molecular flexibility index (Phi) is 9.60. The van der Waals surface area contributed by atoms with E-state index in [2.05, 4.69) is 20.6 Å². The summed E-state index contributed by atoms with van der Waals surface area (Å²) in [7, 11) is 0. The van der Waals surface area contributed by atoms with Crippen LogP contribution in [-0.2, 0) is 25.6 Å². The molecule has 0 aliphatic heterocycles.